The monoisotopic (exact) mass is 515 g/mol. The van der Waals surface area contributed by atoms with Gasteiger partial charge < -0.3 is 10.1 Å². The number of thiazole rings is 1. The number of hydrogen-bond acceptors (Lipinski definition) is 7. The number of methoxy groups -OCH3 is 1. The van der Waals surface area contributed by atoms with E-state index in [0.29, 0.717) is 26.4 Å². The van der Waals surface area contributed by atoms with E-state index in [4.69, 9.17) is 16.3 Å². The number of carbonyl (C=O) groups excluding carboxylic acids is 3. The van der Waals surface area contributed by atoms with Crippen molar-refractivity contribution >= 4 is 58.1 Å². The molecular weight excluding hydrogens is 498 g/mol. The van der Waals surface area contributed by atoms with Crippen LogP contribution in [0.4, 0.5) is 5.69 Å². The molecule has 1 fully saturated rings. The van der Waals surface area contributed by atoms with Gasteiger partial charge in [0, 0.05) is 21.5 Å². The second-order valence-electron chi connectivity index (χ2n) is 7.85. The summed E-state index contributed by atoms with van der Waals surface area (Å²) in [6.45, 7) is -0.220. The summed E-state index contributed by atoms with van der Waals surface area (Å²) in [6, 6.07) is 13.9. The van der Waals surface area contributed by atoms with Crippen LogP contribution in [-0.4, -0.2) is 34.6 Å². The van der Waals surface area contributed by atoms with E-state index in [0.717, 1.165) is 28.7 Å². The molecule has 8 nitrogen and oxygen atoms in total. The number of fused-ring (bicyclic) bond motifs is 2. The number of amides is 3. The molecule has 34 heavy (non-hydrogen) atoms. The van der Waals surface area contributed by atoms with Gasteiger partial charge in [-0.2, -0.15) is 0 Å². The van der Waals surface area contributed by atoms with Crippen molar-refractivity contribution in [2.24, 2.45) is 5.92 Å². The van der Waals surface area contributed by atoms with Gasteiger partial charge in [0.2, 0.25) is 17.7 Å². The Kier molecular flexibility index (Phi) is 5.97. The third-order valence-corrected chi connectivity index (χ3v) is 8.66. The second-order valence-corrected chi connectivity index (χ2v) is 10.4. The Morgan fingerprint density at radius 3 is 2.47 bits per heavy atom. The van der Waals surface area contributed by atoms with Gasteiger partial charge in [-0.25, -0.2) is 0 Å². The van der Waals surface area contributed by atoms with Crippen molar-refractivity contribution in [1.82, 2.24) is 9.88 Å². The van der Waals surface area contributed by atoms with Crippen molar-refractivity contribution in [3.63, 3.8) is 0 Å². The fourth-order valence-corrected chi connectivity index (χ4v) is 7.09. The molecule has 0 aliphatic carbocycles. The number of hydrogen-bond donors (Lipinski definition) is 2. The predicted octanol–water partition coefficient (Wildman–Crippen LogP) is 3.09. The average molecular weight is 516 g/mol. The van der Waals surface area contributed by atoms with Gasteiger partial charge in [-0.3, -0.25) is 29.1 Å². The molecule has 2 N–H and O–H groups in total. The van der Waals surface area contributed by atoms with E-state index < -0.39 is 17.1 Å². The molecule has 1 aromatic heterocycles. The fourth-order valence-electron chi connectivity index (χ4n) is 4.22. The van der Waals surface area contributed by atoms with Crippen LogP contribution in [0.1, 0.15) is 16.4 Å². The van der Waals surface area contributed by atoms with E-state index >= 15 is 0 Å². The van der Waals surface area contributed by atoms with Gasteiger partial charge in [0.15, 0.2) is 0 Å². The maximum atomic E-state index is 13.0. The first-order valence-electron chi connectivity index (χ1n) is 10.3. The number of imide groups is 1. The number of halogens is 1. The van der Waals surface area contributed by atoms with Gasteiger partial charge in [-0.05, 0) is 42.0 Å². The normalized spacial score (nSPS) is 20.9. The summed E-state index contributed by atoms with van der Waals surface area (Å²) in [6.07, 6.45) is 0. The number of ether oxygens (including phenoxy) is 1. The number of aromatic nitrogens is 1. The Balaban J connectivity index is 1.52. The van der Waals surface area contributed by atoms with E-state index in [9.17, 15) is 19.2 Å². The molecule has 3 amide bonds. The first-order chi connectivity index (χ1) is 16.4. The number of carbonyl (C=O) groups is 3. The lowest BCUT2D eigenvalue weighted by atomic mass is 9.83. The Morgan fingerprint density at radius 1 is 1.09 bits per heavy atom. The molecule has 3 aromatic rings. The highest BCUT2D eigenvalue weighted by atomic mass is 35.5. The topological polar surface area (TPSA) is 106 Å². The molecule has 3 atom stereocenters. The van der Waals surface area contributed by atoms with Crippen LogP contribution in [0.5, 0.6) is 5.75 Å². The first kappa shape index (κ1) is 22.7. The third kappa shape index (κ3) is 4.02. The maximum absolute atomic E-state index is 13.0. The number of nitrogens with one attached hydrogen (secondary N) is 2. The van der Waals surface area contributed by atoms with Crippen LogP contribution < -0.4 is 20.2 Å². The predicted molar refractivity (Wildman–Crippen MR) is 130 cm³/mol. The van der Waals surface area contributed by atoms with E-state index in [1.807, 2.05) is 12.1 Å². The zero-order valence-corrected chi connectivity index (χ0v) is 20.1. The van der Waals surface area contributed by atoms with Gasteiger partial charge in [0.1, 0.15) is 17.5 Å². The highest BCUT2D eigenvalue weighted by Crippen LogP contribution is 2.51. The summed E-state index contributed by atoms with van der Waals surface area (Å²) >= 11 is 8.05. The van der Waals surface area contributed by atoms with Crippen LogP contribution in [0.15, 0.2) is 58.4 Å². The second kappa shape index (κ2) is 8.94. The summed E-state index contributed by atoms with van der Waals surface area (Å²) < 4.78 is 6.61. The van der Waals surface area contributed by atoms with Gasteiger partial charge in [0.25, 0.3) is 0 Å². The molecule has 3 heterocycles. The molecule has 2 aliphatic rings. The van der Waals surface area contributed by atoms with Crippen molar-refractivity contribution in [3.05, 3.63) is 73.7 Å². The smallest absolute Gasteiger partial charge is 0.308 e. The highest BCUT2D eigenvalue weighted by molar-refractivity contribution is 8.00. The van der Waals surface area contributed by atoms with Crippen LogP contribution in [-0.2, 0) is 20.9 Å². The molecule has 1 saturated heterocycles. The average Bonchev–Trinajstić information content (AvgIpc) is 3.29. The largest absolute Gasteiger partial charge is 0.497 e. The standard InChI is InChI=1S/C23H18ClN3O5S2/c1-32-14-8-2-11(3-9-14)16-17-18(21(30)26-20(17)29)33-22-19(16)34-23(31)27(22)10-15(28)25-13-6-4-12(24)5-7-13/h2-9,16-18H,10H2,1H3,(H,25,28)(H,26,29,30)/t16-,17+,18-/m0/s1. The summed E-state index contributed by atoms with van der Waals surface area (Å²) in [5.41, 5.74) is 1.34. The lowest BCUT2D eigenvalue weighted by Gasteiger charge is -2.30. The molecule has 174 valence electrons. The van der Waals surface area contributed by atoms with E-state index in [1.54, 1.807) is 43.5 Å². The molecule has 0 bridgehead atoms. The molecule has 0 radical (unpaired) electrons. The number of rotatable bonds is 5. The molecule has 11 heteroatoms. The van der Waals surface area contributed by atoms with E-state index in [-0.39, 0.29) is 29.1 Å². The third-order valence-electron chi connectivity index (χ3n) is 5.79. The fraction of sp³-hybridized carbons (Fsp3) is 0.217. The van der Waals surface area contributed by atoms with Crippen molar-refractivity contribution in [2.45, 2.75) is 22.7 Å². The van der Waals surface area contributed by atoms with Gasteiger partial charge in [-0.1, -0.05) is 46.8 Å². The zero-order valence-electron chi connectivity index (χ0n) is 17.7. The van der Waals surface area contributed by atoms with Crippen LogP contribution >= 0.6 is 34.7 Å². The summed E-state index contributed by atoms with van der Waals surface area (Å²) in [5.74, 6) is -1.62. The summed E-state index contributed by atoms with van der Waals surface area (Å²) in [4.78, 5) is 51.3. The number of benzene rings is 2. The minimum atomic E-state index is -0.688. The van der Waals surface area contributed by atoms with Crippen LogP contribution in [0.3, 0.4) is 0 Å². The summed E-state index contributed by atoms with van der Waals surface area (Å²) in [5, 5.41) is 5.56. The molecule has 0 spiro atoms. The number of thioether (sulfide) groups is 1. The Hall–Kier alpha value is -3.08. The Morgan fingerprint density at radius 2 is 1.79 bits per heavy atom. The van der Waals surface area contributed by atoms with Crippen molar-refractivity contribution in [1.29, 1.82) is 0 Å². The Labute approximate surface area is 207 Å². The highest BCUT2D eigenvalue weighted by Gasteiger charge is 2.52. The number of nitrogens with zero attached hydrogens (tertiary/aromatic N) is 1. The molecule has 2 aromatic carbocycles. The van der Waals surface area contributed by atoms with Crippen molar-refractivity contribution < 1.29 is 19.1 Å². The first-order valence-corrected chi connectivity index (χ1v) is 12.4. The van der Waals surface area contributed by atoms with Gasteiger partial charge in [-0.15, -0.1) is 0 Å². The molecule has 5 rings (SSSR count). The maximum Gasteiger partial charge on any atom is 0.308 e. The number of anilines is 1. The van der Waals surface area contributed by atoms with Crippen molar-refractivity contribution in [3.8, 4) is 5.75 Å². The van der Waals surface area contributed by atoms with E-state index in [1.165, 1.54) is 4.57 Å². The lowest BCUT2D eigenvalue weighted by Crippen LogP contribution is -2.32. The van der Waals surface area contributed by atoms with Crippen LogP contribution in [0.25, 0.3) is 0 Å². The minimum Gasteiger partial charge on any atom is -0.497 e. The lowest BCUT2D eigenvalue weighted by molar-refractivity contribution is -0.126. The van der Waals surface area contributed by atoms with Crippen molar-refractivity contribution in [2.75, 3.05) is 12.4 Å². The zero-order chi connectivity index (χ0) is 24.0. The quantitative estimate of drug-likeness (QED) is 0.506. The Bertz CT molecular complexity index is 1350. The SMILES string of the molecule is COc1ccc([C@@H]2c3sc(=O)n(CC(=O)Nc4ccc(Cl)cc4)c3S[C@@H]3C(=O)NC(=O)[C@H]23)cc1. The van der Waals surface area contributed by atoms with Gasteiger partial charge in [0.05, 0.1) is 18.1 Å². The van der Waals surface area contributed by atoms with Gasteiger partial charge >= 0.3 is 4.87 Å². The molecule has 0 unspecified atom stereocenters. The van der Waals surface area contributed by atoms with Crippen LogP contribution in [0.2, 0.25) is 5.02 Å². The van der Waals surface area contributed by atoms with Crippen LogP contribution in [0, 0.1) is 5.92 Å². The molecule has 0 saturated carbocycles. The summed E-state index contributed by atoms with van der Waals surface area (Å²) in [7, 11) is 1.56. The molecule has 2 aliphatic heterocycles. The minimum absolute atomic E-state index is 0.220. The van der Waals surface area contributed by atoms with E-state index in [2.05, 4.69) is 10.6 Å². The molecular formula is C23H18ClN3O5S2.